The molecule has 2 aliphatic rings. The van der Waals surface area contributed by atoms with Gasteiger partial charge in [-0.2, -0.15) is 0 Å². The number of nitrogens with zero attached hydrogens (tertiary/aromatic N) is 3. The first kappa shape index (κ1) is 7.50. The molecule has 4 nitrogen and oxygen atoms in total. The lowest BCUT2D eigenvalue weighted by molar-refractivity contribution is 0.490. The van der Waals surface area contributed by atoms with Crippen LogP contribution in [0.2, 0.25) is 0 Å². The maximum Gasteiger partial charge on any atom is 0.147 e. The van der Waals surface area contributed by atoms with Gasteiger partial charge in [-0.3, -0.25) is 0 Å². The van der Waals surface area contributed by atoms with Gasteiger partial charge in [0.05, 0.1) is 6.54 Å². The van der Waals surface area contributed by atoms with Gasteiger partial charge >= 0.3 is 0 Å². The molecular weight excluding hydrogens is 164 g/mol. The molecule has 3 rings (SSSR count). The van der Waals surface area contributed by atoms with Crippen LogP contribution in [-0.2, 0) is 19.5 Å². The van der Waals surface area contributed by atoms with Crippen LogP contribution in [0.1, 0.15) is 24.5 Å². The highest BCUT2D eigenvalue weighted by Crippen LogP contribution is 2.32. The smallest absolute Gasteiger partial charge is 0.147 e. The van der Waals surface area contributed by atoms with E-state index >= 15 is 0 Å². The van der Waals surface area contributed by atoms with Gasteiger partial charge in [0.2, 0.25) is 0 Å². The van der Waals surface area contributed by atoms with Crippen LogP contribution in [0.15, 0.2) is 0 Å². The van der Waals surface area contributed by atoms with E-state index in [1.807, 2.05) is 0 Å². The summed E-state index contributed by atoms with van der Waals surface area (Å²) in [5, 5.41) is 11.7. The van der Waals surface area contributed by atoms with E-state index < -0.39 is 0 Å². The number of nitrogens with one attached hydrogen (secondary N) is 1. The molecule has 0 amide bonds. The molecule has 1 aromatic heterocycles. The van der Waals surface area contributed by atoms with Crippen molar-refractivity contribution in [2.24, 2.45) is 5.92 Å². The van der Waals surface area contributed by atoms with E-state index in [4.69, 9.17) is 0 Å². The van der Waals surface area contributed by atoms with Crippen molar-refractivity contribution in [3.63, 3.8) is 0 Å². The molecule has 1 N–H and O–H groups in total. The van der Waals surface area contributed by atoms with Gasteiger partial charge in [0.1, 0.15) is 11.6 Å². The fraction of sp³-hybridized carbons (Fsp3) is 0.778. The third-order valence-corrected chi connectivity index (χ3v) is 2.87. The van der Waals surface area contributed by atoms with Crippen LogP contribution >= 0.6 is 0 Å². The van der Waals surface area contributed by atoms with Crippen LogP contribution in [0.3, 0.4) is 0 Å². The summed E-state index contributed by atoms with van der Waals surface area (Å²) in [4.78, 5) is 0. The highest BCUT2D eigenvalue weighted by atomic mass is 15.3. The van der Waals surface area contributed by atoms with Crippen LogP contribution in [0.5, 0.6) is 0 Å². The minimum atomic E-state index is 0.887. The lowest BCUT2D eigenvalue weighted by Gasteiger charge is -2.15. The maximum absolute atomic E-state index is 4.25. The molecule has 4 heteroatoms. The minimum absolute atomic E-state index is 0.887. The van der Waals surface area contributed by atoms with Crippen molar-refractivity contribution in [3.05, 3.63) is 11.6 Å². The molecule has 1 aliphatic heterocycles. The van der Waals surface area contributed by atoms with Crippen molar-refractivity contribution < 1.29 is 0 Å². The van der Waals surface area contributed by atoms with Gasteiger partial charge in [-0.25, -0.2) is 0 Å². The van der Waals surface area contributed by atoms with Crippen molar-refractivity contribution in [1.29, 1.82) is 0 Å². The van der Waals surface area contributed by atoms with Crippen molar-refractivity contribution >= 4 is 0 Å². The van der Waals surface area contributed by atoms with Crippen LogP contribution in [-0.4, -0.2) is 21.3 Å². The molecule has 0 saturated heterocycles. The van der Waals surface area contributed by atoms with Crippen molar-refractivity contribution in [3.8, 4) is 0 Å². The summed E-state index contributed by atoms with van der Waals surface area (Å²) < 4.78 is 2.29. The lowest BCUT2D eigenvalue weighted by atomic mass is 10.2. The molecular formula is C9H14N4. The predicted octanol–water partition coefficient (Wildman–Crippen LogP) is 0.334. The molecule has 1 saturated carbocycles. The zero-order valence-electron chi connectivity index (χ0n) is 7.66. The second-order valence-corrected chi connectivity index (χ2v) is 4.01. The molecule has 0 spiro atoms. The number of rotatable bonds is 2. The van der Waals surface area contributed by atoms with E-state index in [1.54, 1.807) is 0 Å². The van der Waals surface area contributed by atoms with Crippen LogP contribution in [0.4, 0.5) is 0 Å². The summed E-state index contributed by atoms with van der Waals surface area (Å²) in [5.74, 6) is 3.23. The number of aromatic nitrogens is 3. The zero-order chi connectivity index (χ0) is 8.67. The molecule has 0 radical (unpaired) electrons. The third kappa shape index (κ3) is 1.35. The molecule has 0 unspecified atom stereocenters. The molecule has 13 heavy (non-hydrogen) atoms. The van der Waals surface area contributed by atoms with E-state index in [9.17, 15) is 0 Å². The molecule has 1 aliphatic carbocycles. The zero-order valence-corrected chi connectivity index (χ0v) is 7.66. The van der Waals surface area contributed by atoms with Gasteiger partial charge in [-0.1, -0.05) is 0 Å². The number of fused-ring (bicyclic) bond motifs is 1. The summed E-state index contributed by atoms with van der Waals surface area (Å²) in [7, 11) is 0. The number of hydrogen-bond acceptors (Lipinski definition) is 3. The largest absolute Gasteiger partial charge is 0.313 e. The predicted molar refractivity (Wildman–Crippen MR) is 48.2 cm³/mol. The highest BCUT2D eigenvalue weighted by molar-refractivity contribution is 5.01. The van der Waals surface area contributed by atoms with E-state index in [-0.39, 0.29) is 0 Å². The standard InChI is InChI=1S/C9H14N4/c1-2-7(1)5-8-11-12-9-6-10-3-4-13(8)9/h7,10H,1-6H2. The van der Waals surface area contributed by atoms with Gasteiger partial charge in [0, 0.05) is 19.5 Å². The molecule has 0 bridgehead atoms. The van der Waals surface area contributed by atoms with Crippen LogP contribution in [0.25, 0.3) is 0 Å². The first-order chi connectivity index (χ1) is 6.43. The molecule has 0 aromatic carbocycles. The fourth-order valence-corrected chi connectivity index (χ4v) is 1.88. The Morgan fingerprint density at radius 3 is 3.15 bits per heavy atom. The van der Waals surface area contributed by atoms with Crippen molar-refractivity contribution in [2.45, 2.75) is 32.4 Å². The topological polar surface area (TPSA) is 42.7 Å². The molecule has 1 aromatic rings. The van der Waals surface area contributed by atoms with E-state index in [2.05, 4.69) is 20.1 Å². The maximum atomic E-state index is 4.25. The number of hydrogen-bond donors (Lipinski definition) is 1. The van der Waals surface area contributed by atoms with Crippen LogP contribution in [0, 0.1) is 5.92 Å². The van der Waals surface area contributed by atoms with Gasteiger partial charge < -0.3 is 9.88 Å². The first-order valence-corrected chi connectivity index (χ1v) is 5.05. The van der Waals surface area contributed by atoms with E-state index in [1.165, 1.54) is 18.7 Å². The average molecular weight is 178 g/mol. The molecule has 70 valence electrons. The average Bonchev–Trinajstić information content (AvgIpc) is 2.88. The Morgan fingerprint density at radius 2 is 2.31 bits per heavy atom. The van der Waals surface area contributed by atoms with Crippen LogP contribution < -0.4 is 5.32 Å². The Labute approximate surface area is 77.4 Å². The summed E-state index contributed by atoms with van der Waals surface area (Å²) >= 11 is 0. The highest BCUT2D eigenvalue weighted by Gasteiger charge is 2.25. The second kappa shape index (κ2) is 2.80. The Kier molecular flexibility index (Phi) is 1.62. The molecule has 0 atom stereocenters. The summed E-state index contributed by atoms with van der Waals surface area (Å²) in [6, 6.07) is 0. The SMILES string of the molecule is C1Cn2c(nnc2CC2CC2)CN1. The van der Waals surface area contributed by atoms with Gasteiger partial charge in [0.15, 0.2) is 0 Å². The summed E-state index contributed by atoms with van der Waals surface area (Å²) in [6.45, 7) is 2.99. The normalized spacial score (nSPS) is 21.5. The van der Waals surface area contributed by atoms with Gasteiger partial charge in [0.25, 0.3) is 0 Å². The van der Waals surface area contributed by atoms with E-state index in [0.717, 1.165) is 37.8 Å². The van der Waals surface area contributed by atoms with Crippen molar-refractivity contribution in [2.75, 3.05) is 6.54 Å². The Hall–Kier alpha value is -0.900. The minimum Gasteiger partial charge on any atom is -0.313 e. The monoisotopic (exact) mass is 178 g/mol. The van der Waals surface area contributed by atoms with Crippen molar-refractivity contribution in [1.82, 2.24) is 20.1 Å². The Bertz CT molecular complexity index is 313. The fourth-order valence-electron chi connectivity index (χ4n) is 1.88. The Balaban J connectivity index is 1.86. The quantitative estimate of drug-likeness (QED) is 0.710. The summed E-state index contributed by atoms with van der Waals surface area (Å²) in [5.41, 5.74) is 0. The van der Waals surface area contributed by atoms with E-state index in [0.29, 0.717) is 0 Å². The summed E-state index contributed by atoms with van der Waals surface area (Å²) in [6.07, 6.45) is 3.92. The van der Waals surface area contributed by atoms with Gasteiger partial charge in [-0.05, 0) is 18.8 Å². The second-order valence-electron chi connectivity index (χ2n) is 4.01. The molecule has 2 heterocycles. The Morgan fingerprint density at radius 1 is 1.38 bits per heavy atom. The van der Waals surface area contributed by atoms with Gasteiger partial charge in [-0.15, -0.1) is 10.2 Å². The first-order valence-electron chi connectivity index (χ1n) is 5.05. The molecule has 1 fully saturated rings. The lowest BCUT2D eigenvalue weighted by Crippen LogP contribution is -2.29. The third-order valence-electron chi connectivity index (χ3n) is 2.87.